The first kappa shape index (κ1) is 18.5. The predicted molar refractivity (Wildman–Crippen MR) is 87.6 cm³/mol. The van der Waals surface area contributed by atoms with Crippen molar-refractivity contribution in [2.45, 2.75) is 32.5 Å². The number of carbonyl (C=O) groups is 1. The zero-order valence-electron chi connectivity index (χ0n) is 13.4. The molecule has 2 aromatic rings. The van der Waals surface area contributed by atoms with Crippen molar-refractivity contribution in [2.75, 3.05) is 7.05 Å². The van der Waals surface area contributed by atoms with E-state index in [1.54, 1.807) is 7.05 Å². The largest absolute Gasteiger partial charge is 0.416 e. The molecule has 24 heavy (non-hydrogen) atoms. The lowest BCUT2D eigenvalue weighted by Gasteiger charge is -2.17. The Kier molecular flexibility index (Phi) is 5.37. The van der Waals surface area contributed by atoms with Crippen LogP contribution in [0.1, 0.15) is 47.1 Å². The van der Waals surface area contributed by atoms with Gasteiger partial charge in [-0.3, -0.25) is 9.89 Å². The molecule has 0 aliphatic carbocycles. The predicted octanol–water partition coefficient (Wildman–Crippen LogP) is 4.59. The van der Waals surface area contributed by atoms with Gasteiger partial charge in [0.1, 0.15) is 0 Å². The summed E-state index contributed by atoms with van der Waals surface area (Å²) in [4.78, 5) is 13.9. The number of halogens is 4. The van der Waals surface area contributed by atoms with Gasteiger partial charge in [0.05, 0.1) is 15.7 Å². The van der Waals surface area contributed by atoms with E-state index in [1.165, 1.54) is 17.0 Å². The third kappa shape index (κ3) is 3.98. The standard InChI is InChI=1S/C16H17BrF3N3O/c1-9(2)13-12(17)14(22-21-13)15(24)23(3)8-10-4-6-11(7-5-10)16(18,19)20/h4-7,9H,8H2,1-3H3,(H,21,22). The quantitative estimate of drug-likeness (QED) is 0.811. The van der Waals surface area contributed by atoms with E-state index >= 15 is 0 Å². The summed E-state index contributed by atoms with van der Waals surface area (Å²) in [5.74, 6) is -0.140. The zero-order chi connectivity index (χ0) is 18.1. The minimum atomic E-state index is -4.37. The van der Waals surface area contributed by atoms with Gasteiger partial charge in [0.25, 0.3) is 5.91 Å². The van der Waals surface area contributed by atoms with Crippen LogP contribution in [-0.4, -0.2) is 28.1 Å². The van der Waals surface area contributed by atoms with Crippen molar-refractivity contribution >= 4 is 21.8 Å². The van der Waals surface area contributed by atoms with E-state index in [-0.39, 0.29) is 24.1 Å². The molecule has 0 bridgehead atoms. The molecule has 1 N–H and O–H groups in total. The SMILES string of the molecule is CC(C)c1[nH]nc(C(=O)N(C)Cc2ccc(C(F)(F)F)cc2)c1Br. The second kappa shape index (κ2) is 6.96. The number of H-pyrrole nitrogens is 1. The molecule has 0 atom stereocenters. The summed E-state index contributed by atoms with van der Waals surface area (Å²) in [6.07, 6.45) is -4.37. The van der Waals surface area contributed by atoms with Gasteiger partial charge in [-0.1, -0.05) is 26.0 Å². The average Bonchev–Trinajstić information content (AvgIpc) is 2.88. The van der Waals surface area contributed by atoms with Crippen LogP contribution < -0.4 is 0 Å². The van der Waals surface area contributed by atoms with Crippen LogP contribution in [0, 0.1) is 0 Å². The molecule has 0 saturated carbocycles. The minimum absolute atomic E-state index is 0.175. The van der Waals surface area contributed by atoms with E-state index in [4.69, 9.17) is 0 Å². The molecule has 0 unspecified atom stereocenters. The fraction of sp³-hybridized carbons (Fsp3) is 0.375. The summed E-state index contributed by atoms with van der Waals surface area (Å²) in [6.45, 7) is 4.13. The minimum Gasteiger partial charge on any atom is -0.336 e. The highest BCUT2D eigenvalue weighted by molar-refractivity contribution is 9.10. The highest BCUT2D eigenvalue weighted by Gasteiger charge is 2.30. The Morgan fingerprint density at radius 1 is 1.29 bits per heavy atom. The van der Waals surface area contributed by atoms with Crippen LogP contribution in [0.3, 0.4) is 0 Å². The fourth-order valence-corrected chi connectivity index (χ4v) is 3.00. The number of carbonyl (C=O) groups excluding carboxylic acids is 1. The first-order chi connectivity index (χ1) is 11.1. The molecular formula is C16H17BrF3N3O. The summed E-state index contributed by atoms with van der Waals surface area (Å²) >= 11 is 3.37. The van der Waals surface area contributed by atoms with Gasteiger partial charge in [0.2, 0.25) is 0 Å². The van der Waals surface area contributed by atoms with E-state index in [9.17, 15) is 18.0 Å². The molecule has 0 aliphatic heterocycles. The van der Waals surface area contributed by atoms with Crippen LogP contribution in [-0.2, 0) is 12.7 Å². The number of aromatic amines is 1. The number of benzene rings is 1. The molecule has 1 aromatic heterocycles. The molecule has 0 spiro atoms. The van der Waals surface area contributed by atoms with Crippen molar-refractivity contribution < 1.29 is 18.0 Å². The monoisotopic (exact) mass is 403 g/mol. The summed E-state index contributed by atoms with van der Waals surface area (Å²) in [5, 5.41) is 6.86. The number of hydrogen-bond acceptors (Lipinski definition) is 2. The van der Waals surface area contributed by atoms with Crippen molar-refractivity contribution in [1.29, 1.82) is 0 Å². The smallest absolute Gasteiger partial charge is 0.336 e. The molecule has 0 aliphatic rings. The summed E-state index contributed by atoms with van der Waals surface area (Å²) < 4.78 is 38.3. The number of amides is 1. The number of alkyl halides is 3. The van der Waals surface area contributed by atoms with Crippen LogP contribution >= 0.6 is 15.9 Å². The molecule has 8 heteroatoms. The van der Waals surface area contributed by atoms with Gasteiger partial charge in [-0.05, 0) is 39.5 Å². The van der Waals surface area contributed by atoms with Gasteiger partial charge in [0.15, 0.2) is 5.69 Å². The molecule has 0 radical (unpaired) electrons. The van der Waals surface area contributed by atoms with Gasteiger partial charge < -0.3 is 4.90 Å². The average molecular weight is 404 g/mol. The Bertz CT molecular complexity index is 723. The molecule has 4 nitrogen and oxygen atoms in total. The third-order valence-electron chi connectivity index (χ3n) is 3.56. The van der Waals surface area contributed by atoms with Gasteiger partial charge in [-0.25, -0.2) is 0 Å². The van der Waals surface area contributed by atoms with Gasteiger partial charge >= 0.3 is 6.18 Å². The summed E-state index contributed by atoms with van der Waals surface area (Å²) in [6, 6.07) is 4.75. The lowest BCUT2D eigenvalue weighted by molar-refractivity contribution is -0.137. The number of aromatic nitrogens is 2. The van der Waals surface area contributed by atoms with Gasteiger partial charge in [-0.15, -0.1) is 0 Å². The van der Waals surface area contributed by atoms with Crippen molar-refractivity contribution in [1.82, 2.24) is 15.1 Å². The van der Waals surface area contributed by atoms with Crippen molar-refractivity contribution in [3.05, 3.63) is 51.3 Å². The molecular weight excluding hydrogens is 387 g/mol. The Hall–Kier alpha value is -1.83. The number of nitrogens with zero attached hydrogens (tertiary/aromatic N) is 2. The van der Waals surface area contributed by atoms with E-state index in [1.807, 2.05) is 13.8 Å². The van der Waals surface area contributed by atoms with Gasteiger partial charge in [-0.2, -0.15) is 18.3 Å². The third-order valence-corrected chi connectivity index (χ3v) is 4.36. The number of hydrogen-bond donors (Lipinski definition) is 1. The Labute approximate surface area is 146 Å². The first-order valence-corrected chi connectivity index (χ1v) is 8.06. The zero-order valence-corrected chi connectivity index (χ0v) is 15.0. The van der Waals surface area contributed by atoms with Gasteiger partial charge in [0, 0.05) is 13.6 Å². The van der Waals surface area contributed by atoms with Crippen LogP contribution in [0.2, 0.25) is 0 Å². The summed E-state index contributed by atoms with van der Waals surface area (Å²) in [7, 11) is 1.58. The molecule has 0 saturated heterocycles. The molecule has 0 fully saturated rings. The second-order valence-electron chi connectivity index (χ2n) is 5.81. The van der Waals surface area contributed by atoms with Crippen LogP contribution in [0.25, 0.3) is 0 Å². The maximum absolute atomic E-state index is 12.6. The van der Waals surface area contributed by atoms with Crippen LogP contribution in [0.15, 0.2) is 28.7 Å². The molecule has 130 valence electrons. The molecule has 1 heterocycles. The van der Waals surface area contributed by atoms with E-state index in [0.29, 0.717) is 10.0 Å². The maximum Gasteiger partial charge on any atom is 0.416 e. The normalized spacial score (nSPS) is 11.8. The lowest BCUT2D eigenvalue weighted by atomic mass is 10.1. The van der Waals surface area contributed by atoms with Crippen LogP contribution in [0.4, 0.5) is 13.2 Å². The highest BCUT2D eigenvalue weighted by atomic mass is 79.9. The Morgan fingerprint density at radius 2 is 1.88 bits per heavy atom. The molecule has 2 rings (SSSR count). The maximum atomic E-state index is 12.6. The Balaban J connectivity index is 2.12. The van der Waals surface area contributed by atoms with E-state index < -0.39 is 11.7 Å². The van der Waals surface area contributed by atoms with E-state index in [0.717, 1.165) is 17.8 Å². The first-order valence-electron chi connectivity index (χ1n) is 7.26. The molecule has 1 amide bonds. The molecule has 1 aromatic carbocycles. The topological polar surface area (TPSA) is 49.0 Å². The fourth-order valence-electron chi connectivity index (χ4n) is 2.19. The number of nitrogens with one attached hydrogen (secondary N) is 1. The van der Waals surface area contributed by atoms with Crippen molar-refractivity contribution in [3.8, 4) is 0 Å². The summed E-state index contributed by atoms with van der Waals surface area (Å²) in [5.41, 5.74) is 0.973. The number of rotatable bonds is 4. The Morgan fingerprint density at radius 3 is 2.33 bits per heavy atom. The van der Waals surface area contributed by atoms with Crippen LogP contribution in [0.5, 0.6) is 0 Å². The second-order valence-corrected chi connectivity index (χ2v) is 6.60. The lowest BCUT2D eigenvalue weighted by Crippen LogP contribution is -2.27. The van der Waals surface area contributed by atoms with E-state index in [2.05, 4.69) is 26.1 Å². The highest BCUT2D eigenvalue weighted by Crippen LogP contribution is 2.29. The van der Waals surface area contributed by atoms with Crippen molar-refractivity contribution in [2.24, 2.45) is 0 Å². The van der Waals surface area contributed by atoms with Crippen molar-refractivity contribution in [3.63, 3.8) is 0 Å².